The highest BCUT2D eigenvalue weighted by atomic mass is 31.2. The molecule has 0 saturated carbocycles. The Morgan fingerprint density at radius 3 is 1.97 bits per heavy atom. The molecule has 1 atom stereocenters. The Balaban J connectivity index is 2.45. The smallest absolute Gasteiger partial charge is 0.339 e. The molecule has 6 nitrogen and oxygen atoms in total. The molecule has 0 aliphatic carbocycles. The SMILES string of the molecule is COc1cc(-c2cnc(C(C)P(=O)(OC(C)C)OC(C)C)c(C)c2)cc(C)c1O. The van der Waals surface area contributed by atoms with Gasteiger partial charge in [0.25, 0.3) is 0 Å². The lowest BCUT2D eigenvalue weighted by Crippen LogP contribution is -2.13. The van der Waals surface area contributed by atoms with Gasteiger partial charge in [-0.25, -0.2) is 0 Å². The van der Waals surface area contributed by atoms with Gasteiger partial charge < -0.3 is 18.9 Å². The van der Waals surface area contributed by atoms with Gasteiger partial charge in [-0.2, -0.15) is 0 Å². The van der Waals surface area contributed by atoms with E-state index in [4.69, 9.17) is 13.8 Å². The molecule has 1 aromatic carbocycles. The second kappa shape index (κ2) is 9.29. The molecular weight excluding hydrogens is 389 g/mol. The van der Waals surface area contributed by atoms with Crippen molar-refractivity contribution in [2.45, 2.75) is 66.3 Å². The molecule has 1 aromatic heterocycles. The molecule has 0 aliphatic rings. The molecular formula is C22H32NO5P. The summed E-state index contributed by atoms with van der Waals surface area (Å²) in [6.45, 7) is 12.9. The first-order valence-corrected chi connectivity index (χ1v) is 11.4. The number of aryl methyl sites for hydroxylation is 2. The Bertz CT molecular complexity index is 896. The highest BCUT2D eigenvalue weighted by molar-refractivity contribution is 7.54. The van der Waals surface area contributed by atoms with Gasteiger partial charge in [-0.1, -0.05) is 0 Å². The summed E-state index contributed by atoms with van der Waals surface area (Å²) in [6.07, 6.45) is 1.28. The number of phenolic OH excluding ortho intramolecular Hbond substituents is 1. The fourth-order valence-electron chi connectivity index (χ4n) is 3.19. The number of pyridine rings is 1. The third kappa shape index (κ3) is 5.39. The van der Waals surface area contributed by atoms with Crippen molar-refractivity contribution in [2.75, 3.05) is 7.11 Å². The fourth-order valence-corrected chi connectivity index (χ4v) is 5.36. The van der Waals surface area contributed by atoms with E-state index in [1.165, 1.54) is 7.11 Å². The highest BCUT2D eigenvalue weighted by Gasteiger charge is 2.37. The zero-order valence-electron chi connectivity index (χ0n) is 18.5. The molecule has 0 radical (unpaired) electrons. The molecule has 0 bridgehead atoms. The number of hydrogen-bond donors (Lipinski definition) is 1. The normalized spacial score (nSPS) is 13.2. The van der Waals surface area contributed by atoms with E-state index < -0.39 is 13.3 Å². The van der Waals surface area contributed by atoms with Gasteiger partial charge in [-0.15, -0.1) is 0 Å². The van der Waals surface area contributed by atoms with Gasteiger partial charge in [0.15, 0.2) is 11.5 Å². The van der Waals surface area contributed by atoms with Crippen molar-refractivity contribution in [2.24, 2.45) is 0 Å². The molecule has 1 N–H and O–H groups in total. The lowest BCUT2D eigenvalue weighted by molar-refractivity contribution is 0.137. The van der Waals surface area contributed by atoms with Crippen LogP contribution in [-0.4, -0.2) is 29.4 Å². The van der Waals surface area contributed by atoms with Gasteiger partial charge in [0, 0.05) is 11.8 Å². The summed E-state index contributed by atoms with van der Waals surface area (Å²) in [5, 5.41) is 10.1. The van der Waals surface area contributed by atoms with Gasteiger partial charge in [-0.05, 0) is 83.4 Å². The van der Waals surface area contributed by atoms with Crippen LogP contribution in [0.15, 0.2) is 24.4 Å². The van der Waals surface area contributed by atoms with Crippen LogP contribution in [0.4, 0.5) is 0 Å². The third-order valence-corrected chi connectivity index (χ3v) is 7.15. The fraction of sp³-hybridized carbons (Fsp3) is 0.500. The summed E-state index contributed by atoms with van der Waals surface area (Å²) < 4.78 is 30.2. The third-order valence-electron chi connectivity index (χ3n) is 4.52. The largest absolute Gasteiger partial charge is 0.504 e. The molecule has 29 heavy (non-hydrogen) atoms. The summed E-state index contributed by atoms with van der Waals surface area (Å²) in [7, 11) is -1.88. The van der Waals surface area contributed by atoms with E-state index in [1.54, 1.807) is 12.3 Å². The summed E-state index contributed by atoms with van der Waals surface area (Å²) in [6, 6.07) is 5.64. The van der Waals surface area contributed by atoms with Gasteiger partial charge in [0.05, 0.1) is 25.0 Å². The van der Waals surface area contributed by atoms with E-state index in [0.29, 0.717) is 11.4 Å². The van der Waals surface area contributed by atoms with Crippen molar-refractivity contribution in [1.82, 2.24) is 4.98 Å². The van der Waals surface area contributed by atoms with Crippen LogP contribution in [0.2, 0.25) is 0 Å². The number of benzene rings is 1. The van der Waals surface area contributed by atoms with E-state index in [2.05, 4.69) is 4.98 Å². The average molecular weight is 421 g/mol. The number of rotatable bonds is 8. The quantitative estimate of drug-likeness (QED) is 0.513. The van der Waals surface area contributed by atoms with Crippen LogP contribution in [0.5, 0.6) is 11.5 Å². The second-order valence-corrected chi connectivity index (χ2v) is 10.1. The Morgan fingerprint density at radius 1 is 0.931 bits per heavy atom. The monoisotopic (exact) mass is 421 g/mol. The predicted molar refractivity (Wildman–Crippen MR) is 116 cm³/mol. The number of methoxy groups -OCH3 is 1. The van der Waals surface area contributed by atoms with Crippen molar-refractivity contribution in [3.8, 4) is 22.6 Å². The first-order valence-electron chi connectivity index (χ1n) is 9.79. The molecule has 1 heterocycles. The minimum absolute atomic E-state index is 0.129. The number of hydrogen-bond acceptors (Lipinski definition) is 6. The maximum Gasteiger partial charge on any atom is 0.339 e. The molecule has 0 spiro atoms. The van der Waals surface area contributed by atoms with Gasteiger partial charge in [-0.3, -0.25) is 9.55 Å². The molecule has 2 aromatic rings. The van der Waals surface area contributed by atoms with Crippen molar-refractivity contribution < 1.29 is 23.5 Å². The van der Waals surface area contributed by atoms with Crippen LogP contribution in [0, 0.1) is 13.8 Å². The van der Waals surface area contributed by atoms with Crippen LogP contribution in [0.1, 0.15) is 57.1 Å². The van der Waals surface area contributed by atoms with Crippen molar-refractivity contribution >= 4 is 7.60 Å². The van der Waals surface area contributed by atoms with Gasteiger partial charge in [0.1, 0.15) is 5.66 Å². The molecule has 0 amide bonds. The molecule has 1 unspecified atom stereocenters. The minimum atomic E-state index is -3.40. The van der Waals surface area contributed by atoms with E-state index in [0.717, 1.165) is 22.3 Å². The summed E-state index contributed by atoms with van der Waals surface area (Å²) >= 11 is 0. The molecule has 2 rings (SSSR count). The molecule has 160 valence electrons. The Hall–Kier alpha value is -1.88. The van der Waals surface area contributed by atoms with Crippen LogP contribution in [0.3, 0.4) is 0 Å². The Morgan fingerprint density at radius 2 is 1.48 bits per heavy atom. The summed E-state index contributed by atoms with van der Waals surface area (Å²) in [5.41, 5.74) is 3.55. The summed E-state index contributed by atoms with van der Waals surface area (Å²) in [5.74, 6) is 0.541. The van der Waals surface area contributed by atoms with Gasteiger partial charge in [0.2, 0.25) is 0 Å². The number of aromatic hydroxyl groups is 1. The van der Waals surface area contributed by atoms with Crippen molar-refractivity contribution in [3.05, 3.63) is 41.2 Å². The van der Waals surface area contributed by atoms with E-state index in [9.17, 15) is 9.67 Å². The standard InChI is InChI=1S/C22H32NO5P/c1-13(2)27-29(25,28-14(3)4)17(7)21-15(5)9-19(12-23-21)18-10-16(6)22(24)20(11-18)26-8/h9-14,17,24H,1-8H3. The Kier molecular flexibility index (Phi) is 7.50. The maximum absolute atomic E-state index is 13.5. The van der Waals surface area contributed by atoms with E-state index in [-0.39, 0.29) is 18.0 Å². The topological polar surface area (TPSA) is 77.9 Å². The minimum Gasteiger partial charge on any atom is -0.504 e. The predicted octanol–water partition coefficient (Wildman–Crippen LogP) is 6.18. The van der Waals surface area contributed by atoms with Crippen molar-refractivity contribution in [1.29, 1.82) is 0 Å². The number of nitrogens with zero attached hydrogens (tertiary/aromatic N) is 1. The van der Waals surface area contributed by atoms with Crippen LogP contribution in [0.25, 0.3) is 11.1 Å². The maximum atomic E-state index is 13.5. The molecule has 0 aliphatic heterocycles. The Labute approximate surface area is 173 Å². The van der Waals surface area contributed by atoms with E-state index in [1.807, 2.05) is 60.6 Å². The molecule has 0 saturated heterocycles. The molecule has 7 heteroatoms. The number of aromatic nitrogens is 1. The number of ether oxygens (including phenoxy) is 1. The number of phenols is 1. The van der Waals surface area contributed by atoms with Crippen LogP contribution < -0.4 is 4.74 Å². The zero-order chi connectivity index (χ0) is 21.9. The lowest BCUT2D eigenvalue weighted by Gasteiger charge is -2.28. The molecule has 0 fully saturated rings. The zero-order valence-corrected chi connectivity index (χ0v) is 19.4. The van der Waals surface area contributed by atoms with Crippen LogP contribution in [-0.2, 0) is 13.6 Å². The summed E-state index contributed by atoms with van der Waals surface area (Å²) in [4.78, 5) is 4.61. The average Bonchev–Trinajstić information content (AvgIpc) is 2.61. The van der Waals surface area contributed by atoms with Crippen LogP contribution >= 0.6 is 7.60 Å². The van der Waals surface area contributed by atoms with E-state index >= 15 is 0 Å². The van der Waals surface area contributed by atoms with Gasteiger partial charge >= 0.3 is 7.60 Å². The first kappa shape index (κ1) is 23.4. The lowest BCUT2D eigenvalue weighted by atomic mass is 10.0. The highest BCUT2D eigenvalue weighted by Crippen LogP contribution is 2.62. The second-order valence-electron chi connectivity index (χ2n) is 7.79. The van der Waals surface area contributed by atoms with Crippen molar-refractivity contribution in [3.63, 3.8) is 0 Å². The first-order chi connectivity index (χ1) is 13.5.